The molecule has 1 aromatic heterocycles. The second-order valence-corrected chi connectivity index (χ2v) is 3.73. The van der Waals surface area contributed by atoms with Crippen LogP contribution in [-0.4, -0.2) is 12.1 Å². The summed E-state index contributed by atoms with van der Waals surface area (Å²) in [5.74, 6) is 0.682. The molecule has 72 valence electrons. The summed E-state index contributed by atoms with van der Waals surface area (Å²) in [5, 5.41) is 1.51. The van der Waals surface area contributed by atoms with Crippen molar-refractivity contribution in [1.82, 2.24) is 4.98 Å². The van der Waals surface area contributed by atoms with Gasteiger partial charge in [-0.25, -0.2) is 0 Å². The fourth-order valence-electron chi connectivity index (χ4n) is 1.33. The standard InChI is InChI=1S/C10H8BrNO2/c1-14-6-2-3-7-8(4-6)10(13)12-5-9(7)11/h2-5H,1H3,(H,12,13). The van der Waals surface area contributed by atoms with Crippen LogP contribution in [0.15, 0.2) is 33.7 Å². The first kappa shape index (κ1) is 9.27. The van der Waals surface area contributed by atoms with Gasteiger partial charge in [0, 0.05) is 16.1 Å². The minimum Gasteiger partial charge on any atom is -0.497 e. The van der Waals surface area contributed by atoms with Gasteiger partial charge >= 0.3 is 0 Å². The Balaban J connectivity index is 2.87. The number of methoxy groups -OCH3 is 1. The molecule has 1 N–H and O–H groups in total. The number of benzene rings is 1. The van der Waals surface area contributed by atoms with Crippen molar-refractivity contribution < 1.29 is 4.74 Å². The van der Waals surface area contributed by atoms with Crippen molar-refractivity contribution in [2.45, 2.75) is 0 Å². The molecule has 1 heterocycles. The molecule has 4 heteroatoms. The number of halogens is 1. The molecule has 14 heavy (non-hydrogen) atoms. The summed E-state index contributed by atoms with van der Waals surface area (Å²) in [6.45, 7) is 0. The molecular weight excluding hydrogens is 246 g/mol. The van der Waals surface area contributed by atoms with Crippen molar-refractivity contribution in [3.63, 3.8) is 0 Å². The van der Waals surface area contributed by atoms with Crippen molar-refractivity contribution in [3.05, 3.63) is 39.2 Å². The van der Waals surface area contributed by atoms with Gasteiger partial charge in [-0.1, -0.05) is 0 Å². The molecule has 2 aromatic rings. The van der Waals surface area contributed by atoms with Crippen LogP contribution in [0.2, 0.25) is 0 Å². The summed E-state index contributed by atoms with van der Waals surface area (Å²) in [4.78, 5) is 14.1. The smallest absolute Gasteiger partial charge is 0.256 e. The van der Waals surface area contributed by atoms with Gasteiger partial charge < -0.3 is 9.72 Å². The Kier molecular flexibility index (Phi) is 2.29. The molecule has 0 spiro atoms. The lowest BCUT2D eigenvalue weighted by Gasteiger charge is -2.02. The highest BCUT2D eigenvalue weighted by Crippen LogP contribution is 2.23. The molecule has 0 saturated carbocycles. The zero-order valence-electron chi connectivity index (χ0n) is 7.50. The van der Waals surface area contributed by atoms with Crippen molar-refractivity contribution in [1.29, 1.82) is 0 Å². The van der Waals surface area contributed by atoms with Crippen LogP contribution in [0.3, 0.4) is 0 Å². The van der Waals surface area contributed by atoms with Crippen LogP contribution in [0.4, 0.5) is 0 Å². The lowest BCUT2D eigenvalue weighted by atomic mass is 10.2. The van der Waals surface area contributed by atoms with E-state index >= 15 is 0 Å². The van der Waals surface area contributed by atoms with E-state index in [9.17, 15) is 4.79 Å². The van der Waals surface area contributed by atoms with Crippen LogP contribution < -0.4 is 10.3 Å². The number of pyridine rings is 1. The van der Waals surface area contributed by atoms with Gasteiger partial charge in [0.25, 0.3) is 5.56 Å². The number of aromatic nitrogens is 1. The Hall–Kier alpha value is -1.29. The van der Waals surface area contributed by atoms with Crippen LogP contribution in [0, 0.1) is 0 Å². The SMILES string of the molecule is COc1ccc2c(Br)c[nH]c(=O)c2c1. The fraction of sp³-hybridized carbons (Fsp3) is 0.100. The molecule has 0 saturated heterocycles. The Labute approximate surface area is 88.8 Å². The van der Waals surface area contributed by atoms with Crippen LogP contribution in [0.5, 0.6) is 5.75 Å². The van der Waals surface area contributed by atoms with Crippen LogP contribution in [-0.2, 0) is 0 Å². The predicted octanol–water partition coefficient (Wildman–Crippen LogP) is 2.30. The van der Waals surface area contributed by atoms with E-state index in [0.29, 0.717) is 11.1 Å². The molecule has 0 atom stereocenters. The third kappa shape index (κ3) is 1.42. The Bertz CT molecular complexity index is 533. The first-order valence-corrected chi connectivity index (χ1v) is 4.86. The van der Waals surface area contributed by atoms with Gasteiger partial charge in [-0.2, -0.15) is 0 Å². The van der Waals surface area contributed by atoms with E-state index in [1.807, 2.05) is 12.1 Å². The summed E-state index contributed by atoms with van der Waals surface area (Å²) in [7, 11) is 1.58. The van der Waals surface area contributed by atoms with Gasteiger partial charge in [-0.15, -0.1) is 0 Å². The molecule has 0 aliphatic carbocycles. The molecule has 0 radical (unpaired) electrons. The van der Waals surface area contributed by atoms with E-state index in [2.05, 4.69) is 20.9 Å². The largest absolute Gasteiger partial charge is 0.497 e. The van der Waals surface area contributed by atoms with Crippen molar-refractivity contribution in [3.8, 4) is 5.75 Å². The summed E-state index contributed by atoms with van der Waals surface area (Å²) < 4.78 is 5.92. The predicted molar refractivity (Wildman–Crippen MR) is 58.8 cm³/mol. The maximum absolute atomic E-state index is 11.5. The average Bonchev–Trinajstić information content (AvgIpc) is 2.23. The molecule has 1 aromatic carbocycles. The van der Waals surface area contributed by atoms with E-state index in [4.69, 9.17) is 4.74 Å². The molecule has 0 aliphatic heterocycles. The van der Waals surface area contributed by atoms with E-state index < -0.39 is 0 Å². The van der Waals surface area contributed by atoms with Gasteiger partial charge in [0.15, 0.2) is 0 Å². The van der Waals surface area contributed by atoms with Crippen molar-refractivity contribution in [2.24, 2.45) is 0 Å². The quantitative estimate of drug-likeness (QED) is 0.848. The molecule has 0 bridgehead atoms. The number of nitrogens with one attached hydrogen (secondary N) is 1. The van der Waals surface area contributed by atoms with Crippen LogP contribution >= 0.6 is 15.9 Å². The van der Waals surface area contributed by atoms with Gasteiger partial charge in [-0.05, 0) is 34.1 Å². The maximum atomic E-state index is 11.5. The molecular formula is C10H8BrNO2. The van der Waals surface area contributed by atoms with Crippen molar-refractivity contribution >= 4 is 26.7 Å². The van der Waals surface area contributed by atoms with Gasteiger partial charge in [0.05, 0.1) is 12.5 Å². The summed E-state index contributed by atoms with van der Waals surface area (Å²) in [6, 6.07) is 5.40. The maximum Gasteiger partial charge on any atom is 0.256 e. The second kappa shape index (κ2) is 3.46. The molecule has 3 nitrogen and oxygen atoms in total. The summed E-state index contributed by atoms with van der Waals surface area (Å²) in [5.41, 5.74) is -0.109. The van der Waals surface area contributed by atoms with Crippen LogP contribution in [0.1, 0.15) is 0 Å². The van der Waals surface area contributed by atoms with E-state index in [1.165, 1.54) is 0 Å². The van der Waals surface area contributed by atoms with Gasteiger partial charge in [0.2, 0.25) is 0 Å². The first-order valence-electron chi connectivity index (χ1n) is 4.07. The normalized spacial score (nSPS) is 10.4. The number of hydrogen-bond donors (Lipinski definition) is 1. The number of ether oxygens (including phenoxy) is 1. The zero-order chi connectivity index (χ0) is 10.1. The summed E-state index contributed by atoms with van der Waals surface area (Å²) >= 11 is 3.37. The lowest BCUT2D eigenvalue weighted by Crippen LogP contribution is -2.05. The molecule has 2 rings (SSSR count). The highest BCUT2D eigenvalue weighted by molar-refractivity contribution is 9.10. The minimum absolute atomic E-state index is 0.109. The Morgan fingerprint density at radius 1 is 1.36 bits per heavy atom. The van der Waals surface area contributed by atoms with Crippen LogP contribution in [0.25, 0.3) is 10.8 Å². The number of fused-ring (bicyclic) bond motifs is 1. The molecule has 0 fully saturated rings. The molecule has 0 aliphatic rings. The second-order valence-electron chi connectivity index (χ2n) is 2.88. The lowest BCUT2D eigenvalue weighted by molar-refractivity contribution is 0.415. The number of aromatic amines is 1. The average molecular weight is 254 g/mol. The molecule has 0 amide bonds. The third-order valence-electron chi connectivity index (χ3n) is 2.06. The van der Waals surface area contributed by atoms with Gasteiger partial charge in [-0.3, -0.25) is 4.79 Å². The fourth-order valence-corrected chi connectivity index (χ4v) is 1.79. The highest BCUT2D eigenvalue weighted by Gasteiger charge is 2.03. The zero-order valence-corrected chi connectivity index (χ0v) is 9.09. The van der Waals surface area contributed by atoms with Crippen molar-refractivity contribution in [2.75, 3.05) is 7.11 Å². The Morgan fingerprint density at radius 3 is 2.86 bits per heavy atom. The Morgan fingerprint density at radius 2 is 2.14 bits per heavy atom. The highest BCUT2D eigenvalue weighted by atomic mass is 79.9. The van der Waals surface area contributed by atoms with E-state index in [-0.39, 0.29) is 5.56 Å². The van der Waals surface area contributed by atoms with Gasteiger partial charge in [0.1, 0.15) is 5.75 Å². The van der Waals surface area contributed by atoms with E-state index in [0.717, 1.165) is 9.86 Å². The molecule has 0 unspecified atom stereocenters. The monoisotopic (exact) mass is 253 g/mol. The number of H-pyrrole nitrogens is 1. The number of hydrogen-bond acceptors (Lipinski definition) is 2. The van der Waals surface area contributed by atoms with E-state index in [1.54, 1.807) is 19.4 Å². The topological polar surface area (TPSA) is 42.1 Å². The minimum atomic E-state index is -0.109. The third-order valence-corrected chi connectivity index (χ3v) is 2.71. The number of rotatable bonds is 1. The summed E-state index contributed by atoms with van der Waals surface area (Å²) in [6.07, 6.45) is 1.64. The first-order chi connectivity index (χ1) is 6.72.